The Kier molecular flexibility index (Phi) is 5.55. The summed E-state index contributed by atoms with van der Waals surface area (Å²) < 4.78 is 0. The molecule has 0 unspecified atom stereocenters. The number of nitrogens with one attached hydrogen (secondary N) is 3. The number of rotatable bonds is 6. The van der Waals surface area contributed by atoms with Crippen molar-refractivity contribution in [3.63, 3.8) is 0 Å². The van der Waals surface area contributed by atoms with Gasteiger partial charge >= 0.3 is 0 Å². The van der Waals surface area contributed by atoms with Crippen molar-refractivity contribution in [2.75, 3.05) is 39.0 Å². The molecule has 3 aromatic heterocycles. The maximum atomic E-state index is 12.4. The molecule has 0 aliphatic carbocycles. The molecule has 1 aliphatic heterocycles. The highest BCUT2D eigenvalue weighted by atomic mass is 16.2. The van der Waals surface area contributed by atoms with Gasteiger partial charge in [-0.25, -0.2) is 9.97 Å². The predicted molar refractivity (Wildman–Crippen MR) is 130 cm³/mol. The number of hydrogen-bond donors (Lipinski definition) is 3. The van der Waals surface area contributed by atoms with Crippen LogP contribution in [0.2, 0.25) is 0 Å². The van der Waals surface area contributed by atoms with Gasteiger partial charge in [-0.1, -0.05) is 6.08 Å². The Bertz CT molecular complexity index is 1350. The lowest BCUT2D eigenvalue weighted by molar-refractivity contribution is -0.131. The molecule has 0 saturated carbocycles. The molecular formula is C24H28N8O. The van der Waals surface area contributed by atoms with Crippen LogP contribution in [0.25, 0.3) is 27.5 Å². The van der Waals surface area contributed by atoms with Crippen LogP contribution < -0.4 is 5.32 Å². The fourth-order valence-electron chi connectivity index (χ4n) is 4.19. The first-order valence-electron chi connectivity index (χ1n) is 11.2. The summed E-state index contributed by atoms with van der Waals surface area (Å²) in [5, 5.41) is 12.7. The number of fused-ring (bicyclic) bond motifs is 2. The van der Waals surface area contributed by atoms with Crippen LogP contribution in [0.15, 0.2) is 36.7 Å². The van der Waals surface area contributed by atoms with Gasteiger partial charge in [-0.05, 0) is 57.3 Å². The van der Waals surface area contributed by atoms with Gasteiger partial charge in [-0.2, -0.15) is 5.10 Å². The molecule has 170 valence electrons. The summed E-state index contributed by atoms with van der Waals surface area (Å²) in [5.74, 6) is 0.956. The summed E-state index contributed by atoms with van der Waals surface area (Å²) in [6, 6.07) is 8.18. The Hall–Kier alpha value is -3.72. The first kappa shape index (κ1) is 21.1. The second-order valence-electron chi connectivity index (χ2n) is 8.73. The number of carbonyl (C=O) groups excluding carboxylic acids is 1. The standard InChI is InChI=1S/C24H28N8O/c1-15-18-12-17(4-5-20(18)30-29-15)27-23-19-13-21(28-24(19)26-14-25-23)16-6-10-32(11-7-16)22(33)8-9-31(2)3/h4-6,12-14H,7-11H2,1-3H3,(H,29,30)(H2,25,26,27,28). The molecule has 9 nitrogen and oxygen atoms in total. The topological polar surface area (TPSA) is 106 Å². The van der Waals surface area contributed by atoms with E-state index in [1.165, 1.54) is 5.57 Å². The van der Waals surface area contributed by atoms with E-state index in [9.17, 15) is 4.79 Å². The van der Waals surface area contributed by atoms with E-state index in [4.69, 9.17) is 0 Å². The molecule has 33 heavy (non-hydrogen) atoms. The number of H-pyrrole nitrogens is 2. The molecule has 0 spiro atoms. The number of aromatic amines is 2. The van der Waals surface area contributed by atoms with Gasteiger partial charge in [0.05, 0.1) is 16.6 Å². The third-order valence-corrected chi connectivity index (χ3v) is 6.12. The molecule has 0 saturated heterocycles. The van der Waals surface area contributed by atoms with Crippen LogP contribution in [-0.4, -0.2) is 74.6 Å². The highest BCUT2D eigenvalue weighted by Crippen LogP contribution is 2.30. The van der Waals surface area contributed by atoms with Gasteiger partial charge in [0.25, 0.3) is 0 Å². The third-order valence-electron chi connectivity index (χ3n) is 6.12. The average molecular weight is 445 g/mol. The molecule has 1 aliphatic rings. The molecule has 0 radical (unpaired) electrons. The van der Waals surface area contributed by atoms with Gasteiger partial charge in [-0.15, -0.1) is 0 Å². The zero-order valence-electron chi connectivity index (χ0n) is 19.1. The Morgan fingerprint density at radius 3 is 2.88 bits per heavy atom. The molecule has 5 rings (SSSR count). The van der Waals surface area contributed by atoms with Gasteiger partial charge in [0, 0.05) is 42.8 Å². The van der Waals surface area contributed by atoms with Gasteiger partial charge in [0.1, 0.15) is 17.8 Å². The molecule has 9 heteroatoms. The minimum atomic E-state index is 0.206. The van der Waals surface area contributed by atoms with Crippen LogP contribution in [0.4, 0.5) is 11.5 Å². The first-order chi connectivity index (χ1) is 16.0. The van der Waals surface area contributed by atoms with Crippen molar-refractivity contribution >= 4 is 44.9 Å². The Morgan fingerprint density at radius 2 is 2.09 bits per heavy atom. The van der Waals surface area contributed by atoms with Crippen LogP contribution in [-0.2, 0) is 4.79 Å². The monoisotopic (exact) mass is 444 g/mol. The van der Waals surface area contributed by atoms with Crippen LogP contribution in [0.1, 0.15) is 24.2 Å². The maximum Gasteiger partial charge on any atom is 0.224 e. The van der Waals surface area contributed by atoms with Gasteiger partial charge < -0.3 is 20.1 Å². The van der Waals surface area contributed by atoms with Crippen molar-refractivity contribution in [1.82, 2.24) is 34.9 Å². The largest absolute Gasteiger partial charge is 0.340 e. The fraction of sp³-hybridized carbons (Fsp3) is 0.333. The van der Waals surface area contributed by atoms with E-state index in [1.54, 1.807) is 6.33 Å². The van der Waals surface area contributed by atoms with E-state index in [0.29, 0.717) is 13.0 Å². The highest BCUT2D eigenvalue weighted by molar-refractivity contribution is 5.93. The molecular weight excluding hydrogens is 416 g/mol. The number of benzene rings is 1. The lowest BCUT2D eigenvalue weighted by Crippen LogP contribution is -2.36. The normalized spacial score (nSPS) is 14.3. The Morgan fingerprint density at radius 1 is 1.21 bits per heavy atom. The predicted octanol–water partition coefficient (Wildman–Crippen LogP) is 3.45. The zero-order valence-corrected chi connectivity index (χ0v) is 19.1. The number of aromatic nitrogens is 5. The van der Waals surface area contributed by atoms with E-state index in [0.717, 1.165) is 64.3 Å². The van der Waals surface area contributed by atoms with Crippen LogP contribution >= 0.6 is 0 Å². The van der Waals surface area contributed by atoms with E-state index < -0.39 is 0 Å². The second-order valence-corrected chi connectivity index (χ2v) is 8.73. The zero-order chi connectivity index (χ0) is 22.9. The van der Waals surface area contributed by atoms with E-state index in [1.807, 2.05) is 43.0 Å². The molecule has 3 N–H and O–H groups in total. The Labute approximate surface area is 191 Å². The summed E-state index contributed by atoms with van der Waals surface area (Å²) in [5.41, 5.74) is 5.92. The van der Waals surface area contributed by atoms with Crippen molar-refractivity contribution in [2.45, 2.75) is 19.8 Å². The molecule has 1 amide bonds. The number of aryl methyl sites for hydroxylation is 1. The van der Waals surface area contributed by atoms with E-state index in [2.05, 4.69) is 48.7 Å². The van der Waals surface area contributed by atoms with Crippen LogP contribution in [0, 0.1) is 6.92 Å². The quantitative estimate of drug-likeness (QED) is 0.421. The Balaban J connectivity index is 1.35. The molecule has 0 atom stereocenters. The van der Waals surface area contributed by atoms with Crippen molar-refractivity contribution in [1.29, 1.82) is 0 Å². The number of hydrogen-bond acceptors (Lipinski definition) is 6. The lowest BCUT2D eigenvalue weighted by atomic mass is 10.0. The fourth-order valence-corrected chi connectivity index (χ4v) is 4.19. The summed E-state index contributed by atoms with van der Waals surface area (Å²) >= 11 is 0. The van der Waals surface area contributed by atoms with Crippen molar-refractivity contribution in [2.24, 2.45) is 0 Å². The summed E-state index contributed by atoms with van der Waals surface area (Å²) in [4.78, 5) is 28.7. The summed E-state index contributed by atoms with van der Waals surface area (Å²) in [7, 11) is 3.97. The maximum absolute atomic E-state index is 12.4. The van der Waals surface area contributed by atoms with E-state index in [-0.39, 0.29) is 5.91 Å². The van der Waals surface area contributed by atoms with Crippen LogP contribution in [0.5, 0.6) is 0 Å². The first-order valence-corrected chi connectivity index (χ1v) is 11.2. The second kappa shape index (κ2) is 8.67. The van der Waals surface area contributed by atoms with Crippen molar-refractivity contribution in [3.05, 3.63) is 48.1 Å². The van der Waals surface area contributed by atoms with Crippen molar-refractivity contribution < 1.29 is 4.79 Å². The lowest BCUT2D eigenvalue weighted by Gasteiger charge is -2.26. The molecule has 4 aromatic rings. The minimum absolute atomic E-state index is 0.206. The number of amides is 1. The SMILES string of the molecule is Cc1n[nH]c2ccc(Nc3ncnc4[nH]c(C5=CCN(C(=O)CCN(C)C)CC5)cc34)cc12. The highest BCUT2D eigenvalue weighted by Gasteiger charge is 2.19. The van der Waals surface area contributed by atoms with Crippen LogP contribution in [0.3, 0.4) is 0 Å². The number of anilines is 2. The van der Waals surface area contributed by atoms with Crippen molar-refractivity contribution in [3.8, 4) is 0 Å². The summed E-state index contributed by atoms with van der Waals surface area (Å²) in [6.07, 6.45) is 5.06. The number of carbonyl (C=O) groups is 1. The molecule has 1 aromatic carbocycles. The molecule has 0 fully saturated rings. The van der Waals surface area contributed by atoms with Gasteiger partial charge in [0.15, 0.2) is 0 Å². The van der Waals surface area contributed by atoms with E-state index >= 15 is 0 Å². The molecule has 0 bridgehead atoms. The number of nitrogens with zero attached hydrogens (tertiary/aromatic N) is 5. The minimum Gasteiger partial charge on any atom is -0.340 e. The van der Waals surface area contributed by atoms with Gasteiger partial charge in [0.2, 0.25) is 5.91 Å². The summed E-state index contributed by atoms with van der Waals surface area (Å²) in [6.45, 7) is 4.13. The third kappa shape index (κ3) is 4.31. The van der Waals surface area contributed by atoms with Gasteiger partial charge in [-0.3, -0.25) is 9.89 Å². The smallest absolute Gasteiger partial charge is 0.224 e. The average Bonchev–Trinajstić information content (AvgIpc) is 3.42. The molecule has 4 heterocycles.